The van der Waals surface area contributed by atoms with Crippen LogP contribution in [0.3, 0.4) is 0 Å². The molecule has 2 aromatic carbocycles. The van der Waals surface area contributed by atoms with Gasteiger partial charge in [0, 0.05) is 29.8 Å². The summed E-state index contributed by atoms with van der Waals surface area (Å²) < 4.78 is 2.00. The standard InChI is InChI=1S/C24H26N4/c1-4-15-25-23-21(16-19-11-7-5-8-12-19)17(2)26-24-22(18(3)27-28(23)24)20-13-9-6-10-14-20/h5-14,25H,4,15-16H2,1-3H3. The van der Waals surface area contributed by atoms with Crippen molar-refractivity contribution in [2.24, 2.45) is 0 Å². The highest BCUT2D eigenvalue weighted by atomic mass is 15.3. The zero-order chi connectivity index (χ0) is 19.5. The number of hydrogen-bond acceptors (Lipinski definition) is 3. The Morgan fingerprint density at radius 2 is 1.57 bits per heavy atom. The van der Waals surface area contributed by atoms with Gasteiger partial charge in [-0.3, -0.25) is 0 Å². The largest absolute Gasteiger partial charge is 0.370 e. The van der Waals surface area contributed by atoms with Crippen molar-refractivity contribution in [1.29, 1.82) is 0 Å². The van der Waals surface area contributed by atoms with Crippen LogP contribution in [0.1, 0.15) is 35.9 Å². The highest BCUT2D eigenvalue weighted by Gasteiger charge is 2.19. The van der Waals surface area contributed by atoms with E-state index in [1.54, 1.807) is 0 Å². The molecule has 0 fully saturated rings. The molecular formula is C24H26N4. The van der Waals surface area contributed by atoms with E-state index in [0.717, 1.165) is 53.4 Å². The Labute approximate surface area is 166 Å². The maximum Gasteiger partial charge on any atom is 0.165 e. The van der Waals surface area contributed by atoms with E-state index < -0.39 is 0 Å². The lowest BCUT2D eigenvalue weighted by Crippen LogP contribution is -2.12. The second-order valence-electron chi connectivity index (χ2n) is 7.18. The number of nitrogens with one attached hydrogen (secondary N) is 1. The molecule has 0 saturated carbocycles. The van der Waals surface area contributed by atoms with E-state index in [2.05, 4.69) is 80.7 Å². The average Bonchev–Trinajstić information content (AvgIpc) is 3.04. The molecule has 2 aromatic heterocycles. The van der Waals surface area contributed by atoms with E-state index in [-0.39, 0.29) is 0 Å². The van der Waals surface area contributed by atoms with Crippen molar-refractivity contribution in [1.82, 2.24) is 14.6 Å². The van der Waals surface area contributed by atoms with Gasteiger partial charge in [-0.1, -0.05) is 67.6 Å². The van der Waals surface area contributed by atoms with Gasteiger partial charge in [0.25, 0.3) is 0 Å². The number of aryl methyl sites for hydroxylation is 2. The number of nitrogens with zero attached hydrogens (tertiary/aromatic N) is 3. The molecule has 0 amide bonds. The Balaban J connectivity index is 1.92. The molecule has 0 spiro atoms. The number of anilines is 1. The summed E-state index contributed by atoms with van der Waals surface area (Å²) in [6.45, 7) is 7.25. The second-order valence-corrected chi connectivity index (χ2v) is 7.18. The van der Waals surface area contributed by atoms with Crippen molar-refractivity contribution in [3.05, 3.63) is 83.2 Å². The monoisotopic (exact) mass is 370 g/mol. The smallest absolute Gasteiger partial charge is 0.165 e. The molecule has 4 rings (SSSR count). The van der Waals surface area contributed by atoms with Crippen LogP contribution in [-0.2, 0) is 6.42 Å². The third-order valence-electron chi connectivity index (χ3n) is 5.07. The van der Waals surface area contributed by atoms with Crippen LogP contribution < -0.4 is 5.32 Å². The number of benzene rings is 2. The van der Waals surface area contributed by atoms with E-state index in [9.17, 15) is 0 Å². The van der Waals surface area contributed by atoms with E-state index in [1.165, 1.54) is 11.1 Å². The Bertz CT molecular complexity index is 1080. The topological polar surface area (TPSA) is 42.2 Å². The fourth-order valence-corrected chi connectivity index (χ4v) is 3.68. The summed E-state index contributed by atoms with van der Waals surface area (Å²) in [7, 11) is 0. The quantitative estimate of drug-likeness (QED) is 0.492. The molecule has 0 unspecified atom stereocenters. The van der Waals surface area contributed by atoms with Gasteiger partial charge in [0.05, 0.1) is 5.69 Å². The highest BCUT2D eigenvalue weighted by molar-refractivity contribution is 5.81. The van der Waals surface area contributed by atoms with Crippen molar-refractivity contribution >= 4 is 11.5 Å². The van der Waals surface area contributed by atoms with Gasteiger partial charge in [-0.15, -0.1) is 0 Å². The predicted octanol–water partition coefficient (Wildman–Crippen LogP) is 5.43. The first-order valence-corrected chi connectivity index (χ1v) is 9.91. The lowest BCUT2D eigenvalue weighted by atomic mass is 10.0. The summed E-state index contributed by atoms with van der Waals surface area (Å²) in [5.74, 6) is 1.05. The van der Waals surface area contributed by atoms with Gasteiger partial charge in [-0.25, -0.2) is 4.98 Å². The van der Waals surface area contributed by atoms with Crippen molar-refractivity contribution in [2.45, 2.75) is 33.6 Å². The fourth-order valence-electron chi connectivity index (χ4n) is 3.68. The van der Waals surface area contributed by atoms with Crippen LogP contribution in [0, 0.1) is 13.8 Å². The minimum atomic E-state index is 0.835. The van der Waals surface area contributed by atoms with Gasteiger partial charge in [-0.2, -0.15) is 9.61 Å². The zero-order valence-electron chi connectivity index (χ0n) is 16.7. The Hall–Kier alpha value is -3.14. The summed E-state index contributed by atoms with van der Waals surface area (Å²) in [6.07, 6.45) is 1.89. The normalized spacial score (nSPS) is 11.1. The van der Waals surface area contributed by atoms with Crippen molar-refractivity contribution < 1.29 is 0 Å². The number of rotatable bonds is 6. The molecule has 28 heavy (non-hydrogen) atoms. The van der Waals surface area contributed by atoms with Crippen LogP contribution in [0.2, 0.25) is 0 Å². The molecule has 0 aliphatic carbocycles. The summed E-state index contributed by atoms with van der Waals surface area (Å²) in [4.78, 5) is 5.00. The van der Waals surface area contributed by atoms with Crippen LogP contribution >= 0.6 is 0 Å². The second kappa shape index (κ2) is 7.85. The van der Waals surface area contributed by atoms with Gasteiger partial charge >= 0.3 is 0 Å². The van der Waals surface area contributed by atoms with Gasteiger partial charge in [0.2, 0.25) is 0 Å². The Morgan fingerprint density at radius 1 is 0.893 bits per heavy atom. The van der Waals surface area contributed by atoms with Crippen LogP contribution in [-0.4, -0.2) is 21.1 Å². The van der Waals surface area contributed by atoms with E-state index in [0.29, 0.717) is 0 Å². The molecule has 0 saturated heterocycles. The first-order valence-electron chi connectivity index (χ1n) is 9.91. The van der Waals surface area contributed by atoms with Gasteiger partial charge in [0.1, 0.15) is 5.82 Å². The summed E-state index contributed by atoms with van der Waals surface area (Å²) in [5.41, 5.74) is 7.69. The molecule has 4 nitrogen and oxygen atoms in total. The minimum absolute atomic E-state index is 0.835. The first kappa shape index (κ1) is 18.2. The molecule has 0 atom stereocenters. The van der Waals surface area contributed by atoms with E-state index >= 15 is 0 Å². The maximum atomic E-state index is 5.00. The van der Waals surface area contributed by atoms with E-state index in [1.807, 2.05) is 10.6 Å². The lowest BCUT2D eigenvalue weighted by Gasteiger charge is -2.16. The number of fused-ring (bicyclic) bond motifs is 1. The average molecular weight is 371 g/mol. The fraction of sp³-hybridized carbons (Fsp3) is 0.250. The van der Waals surface area contributed by atoms with Crippen molar-refractivity contribution in [3.8, 4) is 11.1 Å². The molecule has 0 radical (unpaired) electrons. The van der Waals surface area contributed by atoms with Crippen molar-refractivity contribution in [3.63, 3.8) is 0 Å². The Kier molecular flexibility index (Phi) is 5.11. The molecular weight excluding hydrogens is 344 g/mol. The van der Waals surface area contributed by atoms with Gasteiger partial charge < -0.3 is 5.32 Å². The van der Waals surface area contributed by atoms with Crippen LogP contribution in [0.5, 0.6) is 0 Å². The van der Waals surface area contributed by atoms with Gasteiger partial charge in [-0.05, 0) is 31.4 Å². The molecule has 4 aromatic rings. The molecule has 142 valence electrons. The van der Waals surface area contributed by atoms with Crippen LogP contribution in [0.4, 0.5) is 5.82 Å². The van der Waals surface area contributed by atoms with Crippen LogP contribution in [0.25, 0.3) is 16.8 Å². The molecule has 0 bridgehead atoms. The molecule has 2 heterocycles. The first-order chi connectivity index (χ1) is 13.7. The molecule has 4 heteroatoms. The molecule has 0 aliphatic heterocycles. The summed E-state index contributed by atoms with van der Waals surface area (Å²) in [6, 6.07) is 21.0. The van der Waals surface area contributed by atoms with E-state index in [4.69, 9.17) is 10.1 Å². The predicted molar refractivity (Wildman–Crippen MR) is 116 cm³/mol. The third kappa shape index (κ3) is 3.38. The zero-order valence-corrected chi connectivity index (χ0v) is 16.7. The highest BCUT2D eigenvalue weighted by Crippen LogP contribution is 2.31. The number of aromatic nitrogens is 3. The summed E-state index contributed by atoms with van der Waals surface area (Å²) >= 11 is 0. The van der Waals surface area contributed by atoms with Gasteiger partial charge in [0.15, 0.2) is 5.65 Å². The lowest BCUT2D eigenvalue weighted by molar-refractivity contribution is 0.866. The molecule has 1 N–H and O–H groups in total. The van der Waals surface area contributed by atoms with Crippen LogP contribution in [0.15, 0.2) is 60.7 Å². The number of hydrogen-bond donors (Lipinski definition) is 1. The van der Waals surface area contributed by atoms with Crippen molar-refractivity contribution in [2.75, 3.05) is 11.9 Å². The SMILES string of the molecule is CCCNc1c(Cc2ccccc2)c(C)nc2c(-c3ccccc3)c(C)nn12. The third-order valence-corrected chi connectivity index (χ3v) is 5.07. The minimum Gasteiger partial charge on any atom is -0.370 e. The maximum absolute atomic E-state index is 5.00. The Morgan fingerprint density at radius 3 is 2.25 bits per heavy atom. The molecule has 0 aliphatic rings. The summed E-state index contributed by atoms with van der Waals surface area (Å²) in [5, 5.41) is 8.50.